The minimum atomic E-state index is -1.26. The molecular formula is C15H10F3NO4. The maximum absolute atomic E-state index is 13.2. The Labute approximate surface area is 128 Å². The average Bonchev–Trinajstić information content (AvgIpc) is 2.49. The number of Topliss-reactive ketones (excluding diaryl/α,β-unsaturated/α-hetero) is 1. The first kappa shape index (κ1) is 16.5. The second kappa shape index (κ2) is 6.47. The summed E-state index contributed by atoms with van der Waals surface area (Å²) in [7, 11) is 0. The van der Waals surface area contributed by atoms with Gasteiger partial charge in [0, 0.05) is 17.7 Å². The number of halogens is 3. The number of hydrogen-bond donors (Lipinski definition) is 0. The van der Waals surface area contributed by atoms with E-state index in [-0.39, 0.29) is 5.56 Å². The number of rotatable bonds is 5. The van der Waals surface area contributed by atoms with Crippen molar-refractivity contribution < 1.29 is 27.6 Å². The molecular weight excluding hydrogens is 315 g/mol. The lowest BCUT2D eigenvalue weighted by Gasteiger charge is -2.14. The van der Waals surface area contributed by atoms with Gasteiger partial charge in [0.2, 0.25) is 11.5 Å². The summed E-state index contributed by atoms with van der Waals surface area (Å²) in [5.41, 5.74) is -0.688. The number of nitro benzene ring substituents is 1. The Morgan fingerprint density at radius 1 is 1.13 bits per heavy atom. The van der Waals surface area contributed by atoms with Crippen molar-refractivity contribution in [3.05, 3.63) is 69.5 Å². The molecule has 120 valence electrons. The Morgan fingerprint density at radius 3 is 2.43 bits per heavy atom. The number of carbonyl (C=O) groups is 1. The number of nitro groups is 1. The maximum Gasteiger partial charge on any atom is 0.311 e. The van der Waals surface area contributed by atoms with Crippen LogP contribution in [0.2, 0.25) is 0 Å². The Balaban J connectivity index is 2.26. The van der Waals surface area contributed by atoms with Crippen LogP contribution in [0.25, 0.3) is 0 Å². The van der Waals surface area contributed by atoms with Crippen molar-refractivity contribution in [1.82, 2.24) is 0 Å². The fourth-order valence-electron chi connectivity index (χ4n) is 1.86. The standard InChI is InChI=1S/C15H10F3NO4/c1-8(15(20)9-2-4-11(17)12(18)6-9)23-14-7-10(16)3-5-13(14)19(21)22/h2-8H,1H3/t8-/m0/s1. The van der Waals surface area contributed by atoms with Crippen molar-refractivity contribution in [1.29, 1.82) is 0 Å². The van der Waals surface area contributed by atoms with Gasteiger partial charge in [0.15, 0.2) is 17.7 Å². The molecule has 0 saturated heterocycles. The van der Waals surface area contributed by atoms with Crippen molar-refractivity contribution in [2.24, 2.45) is 0 Å². The summed E-state index contributed by atoms with van der Waals surface area (Å²) in [5, 5.41) is 10.9. The number of nitrogens with zero attached hydrogens (tertiary/aromatic N) is 1. The molecule has 0 fully saturated rings. The van der Waals surface area contributed by atoms with E-state index in [9.17, 15) is 28.1 Å². The van der Waals surface area contributed by atoms with Crippen LogP contribution in [0.1, 0.15) is 17.3 Å². The van der Waals surface area contributed by atoms with Crippen LogP contribution in [0, 0.1) is 27.6 Å². The first-order valence-corrected chi connectivity index (χ1v) is 6.39. The molecule has 0 unspecified atom stereocenters. The predicted octanol–water partition coefficient (Wildman–Crippen LogP) is 3.66. The summed E-state index contributed by atoms with van der Waals surface area (Å²) in [6, 6.07) is 5.08. The quantitative estimate of drug-likeness (QED) is 0.478. The van der Waals surface area contributed by atoms with E-state index in [0.717, 1.165) is 30.3 Å². The fraction of sp³-hybridized carbons (Fsp3) is 0.133. The monoisotopic (exact) mass is 325 g/mol. The van der Waals surface area contributed by atoms with Gasteiger partial charge < -0.3 is 4.74 Å². The molecule has 0 radical (unpaired) electrons. The van der Waals surface area contributed by atoms with Crippen LogP contribution in [0.5, 0.6) is 5.75 Å². The summed E-state index contributed by atoms with van der Waals surface area (Å²) in [6.07, 6.45) is -1.26. The van der Waals surface area contributed by atoms with Crippen molar-refractivity contribution in [3.63, 3.8) is 0 Å². The van der Waals surface area contributed by atoms with E-state index in [1.807, 2.05) is 0 Å². The van der Waals surface area contributed by atoms with E-state index < -0.39 is 45.7 Å². The predicted molar refractivity (Wildman–Crippen MR) is 73.8 cm³/mol. The fourth-order valence-corrected chi connectivity index (χ4v) is 1.86. The van der Waals surface area contributed by atoms with E-state index in [1.54, 1.807) is 0 Å². The summed E-state index contributed by atoms with van der Waals surface area (Å²) in [4.78, 5) is 22.2. The highest BCUT2D eigenvalue weighted by atomic mass is 19.2. The molecule has 2 rings (SSSR count). The topological polar surface area (TPSA) is 69.4 Å². The first-order chi connectivity index (χ1) is 10.8. The third-order valence-electron chi connectivity index (χ3n) is 3.00. The molecule has 8 heteroatoms. The third kappa shape index (κ3) is 3.65. The lowest BCUT2D eigenvalue weighted by Crippen LogP contribution is -2.24. The van der Waals surface area contributed by atoms with E-state index >= 15 is 0 Å². The van der Waals surface area contributed by atoms with Gasteiger partial charge in [-0.05, 0) is 31.2 Å². The molecule has 0 aromatic heterocycles. The van der Waals surface area contributed by atoms with Crippen molar-refractivity contribution in [2.45, 2.75) is 13.0 Å². The van der Waals surface area contributed by atoms with E-state index in [4.69, 9.17) is 4.74 Å². The molecule has 1 atom stereocenters. The van der Waals surface area contributed by atoms with E-state index in [0.29, 0.717) is 6.07 Å². The van der Waals surface area contributed by atoms with Crippen LogP contribution in [0.4, 0.5) is 18.9 Å². The van der Waals surface area contributed by atoms with Crippen LogP contribution < -0.4 is 4.74 Å². The molecule has 0 saturated carbocycles. The Bertz CT molecular complexity index is 779. The lowest BCUT2D eigenvalue weighted by atomic mass is 10.1. The lowest BCUT2D eigenvalue weighted by molar-refractivity contribution is -0.386. The molecule has 0 N–H and O–H groups in total. The molecule has 0 bridgehead atoms. The Morgan fingerprint density at radius 2 is 1.83 bits per heavy atom. The zero-order valence-corrected chi connectivity index (χ0v) is 11.8. The van der Waals surface area contributed by atoms with Crippen LogP contribution >= 0.6 is 0 Å². The molecule has 5 nitrogen and oxygen atoms in total. The van der Waals surface area contributed by atoms with Gasteiger partial charge in [-0.3, -0.25) is 14.9 Å². The van der Waals surface area contributed by atoms with Gasteiger partial charge in [0.05, 0.1) is 4.92 Å². The molecule has 0 spiro atoms. The van der Waals surface area contributed by atoms with Gasteiger partial charge >= 0.3 is 5.69 Å². The Kier molecular flexibility index (Phi) is 4.63. The zero-order chi connectivity index (χ0) is 17.1. The smallest absolute Gasteiger partial charge is 0.311 e. The Hall–Kier alpha value is -2.90. The molecule has 2 aromatic rings. The third-order valence-corrected chi connectivity index (χ3v) is 3.00. The van der Waals surface area contributed by atoms with Gasteiger partial charge in [0.1, 0.15) is 5.82 Å². The zero-order valence-electron chi connectivity index (χ0n) is 11.8. The van der Waals surface area contributed by atoms with Crippen molar-refractivity contribution in [3.8, 4) is 5.75 Å². The number of benzene rings is 2. The normalized spacial score (nSPS) is 11.8. The minimum Gasteiger partial charge on any atom is -0.475 e. The van der Waals surface area contributed by atoms with E-state index in [1.165, 1.54) is 6.92 Å². The summed E-state index contributed by atoms with van der Waals surface area (Å²) >= 11 is 0. The molecule has 0 aliphatic heterocycles. The number of carbonyl (C=O) groups excluding carboxylic acids is 1. The van der Waals surface area contributed by atoms with E-state index in [2.05, 4.69) is 0 Å². The molecule has 0 amide bonds. The number of hydrogen-bond acceptors (Lipinski definition) is 4. The summed E-state index contributed by atoms with van der Waals surface area (Å²) in [5.74, 6) is -4.27. The van der Waals surface area contributed by atoms with Crippen molar-refractivity contribution in [2.75, 3.05) is 0 Å². The van der Waals surface area contributed by atoms with Gasteiger partial charge in [-0.1, -0.05) is 0 Å². The van der Waals surface area contributed by atoms with Crippen LogP contribution in [0.15, 0.2) is 36.4 Å². The van der Waals surface area contributed by atoms with Crippen molar-refractivity contribution >= 4 is 11.5 Å². The van der Waals surface area contributed by atoms with Gasteiger partial charge in [-0.25, -0.2) is 13.2 Å². The summed E-state index contributed by atoms with van der Waals surface area (Å²) < 4.78 is 44.3. The summed E-state index contributed by atoms with van der Waals surface area (Å²) in [6.45, 7) is 1.26. The average molecular weight is 325 g/mol. The molecule has 2 aromatic carbocycles. The first-order valence-electron chi connectivity index (χ1n) is 6.39. The van der Waals surface area contributed by atoms with Crippen LogP contribution in [-0.4, -0.2) is 16.8 Å². The number of ketones is 1. The maximum atomic E-state index is 13.2. The van der Waals surface area contributed by atoms with Crippen LogP contribution in [0.3, 0.4) is 0 Å². The number of ether oxygens (including phenoxy) is 1. The molecule has 0 heterocycles. The van der Waals surface area contributed by atoms with Gasteiger partial charge in [-0.2, -0.15) is 0 Å². The highest BCUT2D eigenvalue weighted by Gasteiger charge is 2.23. The minimum absolute atomic E-state index is 0.171. The highest BCUT2D eigenvalue weighted by molar-refractivity contribution is 5.99. The van der Waals surface area contributed by atoms with Gasteiger partial charge in [0.25, 0.3) is 0 Å². The molecule has 0 aliphatic rings. The largest absolute Gasteiger partial charge is 0.475 e. The SMILES string of the molecule is C[C@H](Oc1cc(F)ccc1[N+](=O)[O-])C(=O)c1ccc(F)c(F)c1. The van der Waals surface area contributed by atoms with Crippen LogP contribution in [-0.2, 0) is 0 Å². The van der Waals surface area contributed by atoms with Gasteiger partial charge in [-0.15, -0.1) is 0 Å². The molecule has 23 heavy (non-hydrogen) atoms. The molecule has 0 aliphatic carbocycles. The highest BCUT2D eigenvalue weighted by Crippen LogP contribution is 2.29. The second-order valence-electron chi connectivity index (χ2n) is 4.62. The second-order valence-corrected chi connectivity index (χ2v) is 4.62.